The van der Waals surface area contributed by atoms with Crippen LogP contribution in [-0.2, 0) is 17.8 Å². The fourth-order valence-electron chi connectivity index (χ4n) is 3.37. The molecular formula is C16H29N5O. The molecule has 1 aromatic heterocycles. The number of aryl methyl sites for hydroxylation is 1. The second kappa shape index (κ2) is 7.55. The van der Waals surface area contributed by atoms with Gasteiger partial charge in [-0.1, -0.05) is 0 Å². The summed E-state index contributed by atoms with van der Waals surface area (Å²) < 4.78 is 8.12. The summed E-state index contributed by atoms with van der Waals surface area (Å²) in [7, 11) is 2.18. The van der Waals surface area contributed by atoms with E-state index in [2.05, 4.69) is 44.4 Å². The molecule has 124 valence electrons. The van der Waals surface area contributed by atoms with Gasteiger partial charge in [0.15, 0.2) is 0 Å². The molecule has 3 heterocycles. The zero-order chi connectivity index (χ0) is 15.4. The lowest BCUT2D eigenvalue weighted by Crippen LogP contribution is -2.51. The Hall–Kier alpha value is -0.950. The van der Waals surface area contributed by atoms with Crippen LogP contribution in [-0.4, -0.2) is 89.8 Å². The van der Waals surface area contributed by atoms with Crippen molar-refractivity contribution in [3.8, 4) is 0 Å². The van der Waals surface area contributed by atoms with Gasteiger partial charge in [-0.3, -0.25) is 9.80 Å². The first-order valence-corrected chi connectivity index (χ1v) is 8.49. The van der Waals surface area contributed by atoms with Gasteiger partial charge in [-0.05, 0) is 14.0 Å². The molecule has 1 unspecified atom stereocenters. The van der Waals surface area contributed by atoms with Crippen LogP contribution in [0, 0.1) is 0 Å². The lowest BCUT2D eigenvalue weighted by molar-refractivity contribution is -0.0414. The number of likely N-dealkylation sites (N-methyl/N-ethyl adjacent to an activating group) is 1. The monoisotopic (exact) mass is 307 g/mol. The average molecular weight is 307 g/mol. The summed E-state index contributed by atoms with van der Waals surface area (Å²) in [4.78, 5) is 11.9. The van der Waals surface area contributed by atoms with Crippen molar-refractivity contribution in [3.63, 3.8) is 0 Å². The van der Waals surface area contributed by atoms with Crippen LogP contribution in [0.2, 0.25) is 0 Å². The third-order valence-electron chi connectivity index (χ3n) is 4.78. The molecule has 22 heavy (non-hydrogen) atoms. The lowest BCUT2D eigenvalue weighted by Gasteiger charge is -2.38. The van der Waals surface area contributed by atoms with Crippen molar-refractivity contribution in [2.24, 2.45) is 0 Å². The van der Waals surface area contributed by atoms with Gasteiger partial charge in [0.05, 0.1) is 19.3 Å². The van der Waals surface area contributed by atoms with Crippen molar-refractivity contribution in [2.45, 2.75) is 26.1 Å². The van der Waals surface area contributed by atoms with E-state index in [1.165, 1.54) is 5.82 Å². The standard InChI is InChI=1S/C16H29N5O/c1-3-21-5-4-17-16(21)14-20-8-6-19(7-9-20)13-15-12-18(2)10-11-22-15/h4-5,15H,3,6-14H2,1-2H3. The summed E-state index contributed by atoms with van der Waals surface area (Å²) in [6.45, 7) is 12.7. The summed E-state index contributed by atoms with van der Waals surface area (Å²) in [5, 5.41) is 0. The van der Waals surface area contributed by atoms with Crippen LogP contribution in [0.15, 0.2) is 12.4 Å². The Balaban J connectivity index is 1.42. The van der Waals surface area contributed by atoms with E-state index >= 15 is 0 Å². The SMILES string of the molecule is CCn1ccnc1CN1CCN(CC2CN(C)CCO2)CC1. The average Bonchev–Trinajstić information content (AvgIpc) is 2.96. The van der Waals surface area contributed by atoms with E-state index in [0.717, 1.165) is 65.5 Å². The number of imidazole rings is 1. The fraction of sp³-hybridized carbons (Fsp3) is 0.812. The zero-order valence-electron chi connectivity index (χ0n) is 13.9. The largest absolute Gasteiger partial charge is 0.374 e. The highest BCUT2D eigenvalue weighted by molar-refractivity contribution is 4.93. The van der Waals surface area contributed by atoms with Gasteiger partial charge in [0, 0.05) is 64.8 Å². The Morgan fingerprint density at radius 1 is 1.18 bits per heavy atom. The highest BCUT2D eigenvalue weighted by atomic mass is 16.5. The normalized spacial score (nSPS) is 25.6. The molecule has 2 fully saturated rings. The van der Waals surface area contributed by atoms with Gasteiger partial charge in [0.1, 0.15) is 5.82 Å². The molecule has 0 radical (unpaired) electrons. The molecule has 0 saturated carbocycles. The molecule has 0 spiro atoms. The highest BCUT2D eigenvalue weighted by Gasteiger charge is 2.24. The Morgan fingerprint density at radius 2 is 1.95 bits per heavy atom. The molecule has 1 atom stereocenters. The number of hydrogen-bond acceptors (Lipinski definition) is 5. The van der Waals surface area contributed by atoms with E-state index in [0.29, 0.717) is 6.10 Å². The minimum Gasteiger partial charge on any atom is -0.374 e. The molecule has 0 aromatic carbocycles. The van der Waals surface area contributed by atoms with E-state index < -0.39 is 0 Å². The van der Waals surface area contributed by atoms with Crippen molar-refractivity contribution in [1.29, 1.82) is 0 Å². The number of piperazine rings is 1. The zero-order valence-corrected chi connectivity index (χ0v) is 13.9. The smallest absolute Gasteiger partial charge is 0.122 e. The van der Waals surface area contributed by atoms with Gasteiger partial charge in [-0.25, -0.2) is 4.98 Å². The van der Waals surface area contributed by atoms with Crippen LogP contribution in [0.3, 0.4) is 0 Å². The molecule has 3 rings (SSSR count). The molecule has 0 aliphatic carbocycles. The molecule has 2 aliphatic heterocycles. The number of hydrogen-bond donors (Lipinski definition) is 0. The van der Waals surface area contributed by atoms with Crippen LogP contribution in [0.5, 0.6) is 0 Å². The van der Waals surface area contributed by atoms with Gasteiger partial charge in [-0.2, -0.15) is 0 Å². The maximum absolute atomic E-state index is 5.88. The van der Waals surface area contributed by atoms with Crippen LogP contribution >= 0.6 is 0 Å². The van der Waals surface area contributed by atoms with Crippen LogP contribution < -0.4 is 0 Å². The first kappa shape index (κ1) is 15.9. The third-order valence-corrected chi connectivity index (χ3v) is 4.78. The van der Waals surface area contributed by atoms with Gasteiger partial charge in [-0.15, -0.1) is 0 Å². The number of aromatic nitrogens is 2. The third kappa shape index (κ3) is 4.07. The molecule has 6 nitrogen and oxygen atoms in total. The fourth-order valence-corrected chi connectivity index (χ4v) is 3.37. The first-order chi connectivity index (χ1) is 10.7. The van der Waals surface area contributed by atoms with E-state index in [-0.39, 0.29) is 0 Å². The minimum atomic E-state index is 0.379. The predicted molar refractivity (Wildman–Crippen MR) is 86.9 cm³/mol. The Morgan fingerprint density at radius 3 is 2.68 bits per heavy atom. The lowest BCUT2D eigenvalue weighted by atomic mass is 10.2. The molecule has 0 N–H and O–H groups in total. The van der Waals surface area contributed by atoms with Crippen molar-refractivity contribution >= 4 is 0 Å². The van der Waals surface area contributed by atoms with Crippen molar-refractivity contribution in [1.82, 2.24) is 24.3 Å². The molecule has 0 amide bonds. The van der Waals surface area contributed by atoms with E-state index in [4.69, 9.17) is 4.74 Å². The number of nitrogens with zero attached hydrogens (tertiary/aromatic N) is 5. The van der Waals surface area contributed by atoms with Gasteiger partial charge in [0.2, 0.25) is 0 Å². The molecule has 6 heteroatoms. The van der Waals surface area contributed by atoms with Gasteiger partial charge < -0.3 is 14.2 Å². The Bertz CT molecular complexity index is 455. The summed E-state index contributed by atoms with van der Waals surface area (Å²) >= 11 is 0. The predicted octanol–water partition coefficient (Wildman–Crippen LogP) is 0.351. The maximum atomic E-state index is 5.88. The molecule has 0 bridgehead atoms. The van der Waals surface area contributed by atoms with Crippen LogP contribution in [0.25, 0.3) is 0 Å². The van der Waals surface area contributed by atoms with Crippen LogP contribution in [0.4, 0.5) is 0 Å². The maximum Gasteiger partial charge on any atom is 0.122 e. The number of rotatable bonds is 5. The van der Waals surface area contributed by atoms with Gasteiger partial charge in [0.25, 0.3) is 0 Å². The van der Waals surface area contributed by atoms with Crippen molar-refractivity contribution in [2.75, 3.05) is 59.5 Å². The molecule has 2 aliphatic rings. The summed E-state index contributed by atoms with van der Waals surface area (Å²) in [6, 6.07) is 0. The van der Waals surface area contributed by atoms with Crippen molar-refractivity contribution in [3.05, 3.63) is 18.2 Å². The number of morpholine rings is 1. The Kier molecular flexibility index (Phi) is 5.46. The van der Waals surface area contributed by atoms with Gasteiger partial charge >= 0.3 is 0 Å². The first-order valence-electron chi connectivity index (χ1n) is 8.49. The quantitative estimate of drug-likeness (QED) is 0.785. The van der Waals surface area contributed by atoms with E-state index in [1.807, 2.05) is 6.20 Å². The van der Waals surface area contributed by atoms with Crippen molar-refractivity contribution < 1.29 is 4.74 Å². The van der Waals surface area contributed by atoms with E-state index in [1.54, 1.807) is 0 Å². The summed E-state index contributed by atoms with van der Waals surface area (Å²) in [5.74, 6) is 1.19. The van der Waals surface area contributed by atoms with E-state index in [9.17, 15) is 0 Å². The Labute approximate surface area is 133 Å². The highest BCUT2D eigenvalue weighted by Crippen LogP contribution is 2.10. The number of ether oxygens (including phenoxy) is 1. The second-order valence-corrected chi connectivity index (χ2v) is 6.46. The molecule has 1 aromatic rings. The summed E-state index contributed by atoms with van der Waals surface area (Å²) in [5.41, 5.74) is 0. The molecule has 2 saturated heterocycles. The topological polar surface area (TPSA) is 36.8 Å². The minimum absolute atomic E-state index is 0.379. The van der Waals surface area contributed by atoms with Crippen LogP contribution in [0.1, 0.15) is 12.7 Å². The second-order valence-electron chi connectivity index (χ2n) is 6.46. The summed E-state index contributed by atoms with van der Waals surface area (Å²) in [6.07, 6.45) is 4.36. The molecular weight excluding hydrogens is 278 g/mol.